The Balaban J connectivity index is 0.00000289. The van der Waals surface area contributed by atoms with Crippen LogP contribution in [0.4, 0.5) is 5.69 Å². The molecule has 1 N–H and O–H groups in total. The number of benzene rings is 1. The standard InChI is InChI=1S/C23H33N7O.HI/c1-18-6-8-19(9-7-18)21(28-10-4-5-11-28)15-25-23(24-2)29-12-13-30(22(31)17-29)20-14-26-27(3)16-20;/h6-9,14,16,21H,4-5,10-13,15,17H2,1-3H3,(H,24,25);1H. The molecule has 0 aliphatic carbocycles. The van der Waals surface area contributed by atoms with E-state index in [0.29, 0.717) is 19.1 Å². The SMILES string of the molecule is CN=C(NCC(c1ccc(C)cc1)N1CCCC1)N1CCN(c2cnn(C)c2)C(=O)C1.I. The largest absolute Gasteiger partial charge is 0.354 e. The first-order valence-electron chi connectivity index (χ1n) is 11.1. The van der Waals surface area contributed by atoms with Crippen LogP contribution in [0.1, 0.15) is 30.0 Å². The summed E-state index contributed by atoms with van der Waals surface area (Å²) in [5.74, 6) is 0.854. The quantitative estimate of drug-likeness (QED) is 0.351. The number of aryl methyl sites for hydroxylation is 2. The molecule has 0 spiro atoms. The number of aliphatic imine (C=N–C) groups is 1. The van der Waals surface area contributed by atoms with Crippen LogP contribution in [0, 0.1) is 6.92 Å². The zero-order valence-corrected chi connectivity index (χ0v) is 21.5. The molecule has 8 nitrogen and oxygen atoms in total. The molecule has 1 aromatic heterocycles. The molecular weight excluding hydrogens is 517 g/mol. The predicted molar refractivity (Wildman–Crippen MR) is 139 cm³/mol. The Bertz CT molecular complexity index is 921. The number of hydrogen-bond acceptors (Lipinski definition) is 4. The number of guanidine groups is 1. The fourth-order valence-electron chi connectivity index (χ4n) is 4.49. The predicted octanol–water partition coefficient (Wildman–Crippen LogP) is 2.41. The van der Waals surface area contributed by atoms with Gasteiger partial charge in [0.2, 0.25) is 5.91 Å². The molecule has 4 rings (SSSR count). The number of carbonyl (C=O) groups excluding carboxylic acids is 1. The molecule has 32 heavy (non-hydrogen) atoms. The van der Waals surface area contributed by atoms with Gasteiger partial charge in [-0.25, -0.2) is 0 Å². The lowest BCUT2D eigenvalue weighted by molar-refractivity contribution is -0.120. The summed E-state index contributed by atoms with van der Waals surface area (Å²) in [5.41, 5.74) is 3.45. The van der Waals surface area contributed by atoms with Crippen LogP contribution in [0.25, 0.3) is 0 Å². The van der Waals surface area contributed by atoms with Gasteiger partial charge in [0.15, 0.2) is 5.96 Å². The summed E-state index contributed by atoms with van der Waals surface area (Å²) >= 11 is 0. The van der Waals surface area contributed by atoms with Gasteiger partial charge >= 0.3 is 0 Å². The molecule has 0 saturated carbocycles. The minimum atomic E-state index is 0. The molecule has 174 valence electrons. The highest BCUT2D eigenvalue weighted by molar-refractivity contribution is 14.0. The van der Waals surface area contributed by atoms with Gasteiger partial charge in [0.1, 0.15) is 6.54 Å². The van der Waals surface area contributed by atoms with Crippen molar-refractivity contribution >= 4 is 41.5 Å². The second-order valence-electron chi connectivity index (χ2n) is 8.44. The van der Waals surface area contributed by atoms with Crippen molar-refractivity contribution in [3.05, 3.63) is 47.8 Å². The van der Waals surface area contributed by atoms with Crippen molar-refractivity contribution in [2.45, 2.75) is 25.8 Å². The summed E-state index contributed by atoms with van der Waals surface area (Å²) in [6.07, 6.45) is 6.12. The number of likely N-dealkylation sites (tertiary alicyclic amines) is 1. The number of carbonyl (C=O) groups is 1. The zero-order valence-electron chi connectivity index (χ0n) is 19.2. The Labute approximate surface area is 207 Å². The molecule has 1 atom stereocenters. The molecule has 1 amide bonds. The van der Waals surface area contributed by atoms with Gasteiger partial charge in [-0.1, -0.05) is 29.8 Å². The summed E-state index contributed by atoms with van der Waals surface area (Å²) in [7, 11) is 3.65. The maximum absolute atomic E-state index is 12.8. The summed E-state index contributed by atoms with van der Waals surface area (Å²) in [6.45, 7) is 6.82. The van der Waals surface area contributed by atoms with E-state index in [1.807, 2.05) is 18.1 Å². The van der Waals surface area contributed by atoms with E-state index < -0.39 is 0 Å². The van der Waals surface area contributed by atoms with Gasteiger partial charge in [-0.3, -0.25) is 19.4 Å². The molecular formula is C23H34IN7O. The first-order chi connectivity index (χ1) is 15.0. The van der Waals surface area contributed by atoms with E-state index in [2.05, 4.69) is 51.5 Å². The third kappa shape index (κ3) is 5.61. The molecule has 1 unspecified atom stereocenters. The molecule has 2 fully saturated rings. The Kier molecular flexibility index (Phi) is 8.52. The maximum Gasteiger partial charge on any atom is 0.246 e. The van der Waals surface area contributed by atoms with Crippen LogP contribution in [-0.2, 0) is 11.8 Å². The fraction of sp³-hybridized carbons (Fsp3) is 0.522. The summed E-state index contributed by atoms with van der Waals surface area (Å²) < 4.78 is 1.72. The Morgan fingerprint density at radius 1 is 1.16 bits per heavy atom. The lowest BCUT2D eigenvalue weighted by Gasteiger charge is -2.36. The van der Waals surface area contributed by atoms with Gasteiger partial charge in [0, 0.05) is 39.9 Å². The molecule has 0 bridgehead atoms. The van der Waals surface area contributed by atoms with Crippen LogP contribution in [0.15, 0.2) is 41.7 Å². The lowest BCUT2D eigenvalue weighted by atomic mass is 10.0. The number of halogens is 1. The van der Waals surface area contributed by atoms with E-state index >= 15 is 0 Å². The first kappa shape index (κ1) is 24.5. The minimum Gasteiger partial charge on any atom is -0.354 e. The molecule has 2 aromatic rings. The molecule has 1 aromatic carbocycles. The first-order valence-corrected chi connectivity index (χ1v) is 11.1. The number of piperazine rings is 1. The average molecular weight is 551 g/mol. The number of nitrogens with one attached hydrogen (secondary N) is 1. The zero-order chi connectivity index (χ0) is 21.8. The lowest BCUT2D eigenvalue weighted by Crippen LogP contribution is -2.56. The maximum atomic E-state index is 12.8. The Morgan fingerprint density at radius 3 is 2.47 bits per heavy atom. The highest BCUT2D eigenvalue weighted by atomic mass is 127. The van der Waals surface area contributed by atoms with Gasteiger partial charge in [-0.05, 0) is 38.4 Å². The smallest absolute Gasteiger partial charge is 0.246 e. The molecule has 3 heterocycles. The van der Waals surface area contributed by atoms with Crippen molar-refractivity contribution < 1.29 is 4.79 Å². The van der Waals surface area contributed by atoms with Crippen molar-refractivity contribution in [1.29, 1.82) is 0 Å². The van der Waals surface area contributed by atoms with Gasteiger partial charge in [0.05, 0.1) is 17.9 Å². The topological polar surface area (TPSA) is 69.0 Å². The van der Waals surface area contributed by atoms with E-state index in [-0.39, 0.29) is 29.9 Å². The van der Waals surface area contributed by atoms with Gasteiger partial charge in [-0.2, -0.15) is 5.10 Å². The van der Waals surface area contributed by atoms with Crippen LogP contribution >= 0.6 is 24.0 Å². The Morgan fingerprint density at radius 2 is 1.88 bits per heavy atom. The highest BCUT2D eigenvalue weighted by Gasteiger charge is 2.29. The van der Waals surface area contributed by atoms with Crippen LogP contribution in [-0.4, -0.2) is 77.8 Å². The fourth-order valence-corrected chi connectivity index (χ4v) is 4.49. The molecule has 2 saturated heterocycles. The van der Waals surface area contributed by atoms with Gasteiger partial charge < -0.3 is 15.1 Å². The number of amides is 1. The van der Waals surface area contributed by atoms with Crippen molar-refractivity contribution in [1.82, 2.24) is 24.9 Å². The van der Waals surface area contributed by atoms with E-state index in [1.54, 1.807) is 22.8 Å². The monoisotopic (exact) mass is 551 g/mol. The number of aromatic nitrogens is 2. The third-order valence-corrected chi connectivity index (χ3v) is 6.23. The van der Waals surface area contributed by atoms with Gasteiger partial charge in [0.25, 0.3) is 0 Å². The summed E-state index contributed by atoms with van der Waals surface area (Å²) in [4.78, 5) is 23.7. The van der Waals surface area contributed by atoms with E-state index in [0.717, 1.165) is 37.8 Å². The van der Waals surface area contributed by atoms with Crippen molar-refractivity contribution in [2.24, 2.45) is 12.0 Å². The Hall–Kier alpha value is -2.14. The van der Waals surface area contributed by atoms with Crippen molar-refractivity contribution in [3.63, 3.8) is 0 Å². The molecule has 2 aliphatic rings. The van der Waals surface area contributed by atoms with E-state index in [1.165, 1.54) is 24.0 Å². The van der Waals surface area contributed by atoms with E-state index in [4.69, 9.17) is 0 Å². The molecule has 2 aliphatic heterocycles. The average Bonchev–Trinajstić information content (AvgIpc) is 3.44. The van der Waals surface area contributed by atoms with Crippen LogP contribution < -0.4 is 10.2 Å². The number of rotatable bonds is 5. The van der Waals surface area contributed by atoms with Crippen LogP contribution in [0.5, 0.6) is 0 Å². The van der Waals surface area contributed by atoms with Crippen LogP contribution in [0.3, 0.4) is 0 Å². The minimum absolute atomic E-state index is 0. The second kappa shape index (κ2) is 11.1. The van der Waals surface area contributed by atoms with Crippen LogP contribution in [0.2, 0.25) is 0 Å². The third-order valence-electron chi connectivity index (χ3n) is 6.23. The van der Waals surface area contributed by atoms with Crippen molar-refractivity contribution in [2.75, 3.05) is 51.2 Å². The summed E-state index contributed by atoms with van der Waals surface area (Å²) in [6, 6.07) is 9.14. The van der Waals surface area contributed by atoms with Crippen molar-refractivity contribution in [3.8, 4) is 0 Å². The van der Waals surface area contributed by atoms with E-state index in [9.17, 15) is 4.79 Å². The summed E-state index contributed by atoms with van der Waals surface area (Å²) in [5, 5.41) is 7.74. The second-order valence-corrected chi connectivity index (χ2v) is 8.44. The normalized spacial score (nSPS) is 18.6. The molecule has 9 heteroatoms. The number of nitrogens with zero attached hydrogens (tertiary/aromatic N) is 6. The number of anilines is 1. The highest BCUT2D eigenvalue weighted by Crippen LogP contribution is 2.25. The molecule has 0 radical (unpaired) electrons. The number of hydrogen-bond donors (Lipinski definition) is 1. The van der Waals surface area contributed by atoms with Gasteiger partial charge in [-0.15, -0.1) is 24.0 Å².